The lowest BCUT2D eigenvalue weighted by Gasteiger charge is -2.50. The van der Waals surface area contributed by atoms with Crippen molar-refractivity contribution >= 4 is 5.91 Å². The summed E-state index contributed by atoms with van der Waals surface area (Å²) in [5.41, 5.74) is 2.07. The van der Waals surface area contributed by atoms with Gasteiger partial charge in [-0.25, -0.2) is 0 Å². The molecule has 2 saturated heterocycles. The molecule has 0 unspecified atom stereocenters. The fraction of sp³-hybridized carbons (Fsp3) is 0.619. The summed E-state index contributed by atoms with van der Waals surface area (Å²) in [5.74, 6) is 0.236. The number of likely N-dealkylation sites (tertiary alicyclic amines) is 1. The predicted molar refractivity (Wildman–Crippen MR) is 98.4 cm³/mol. The van der Waals surface area contributed by atoms with Crippen molar-refractivity contribution < 1.29 is 14.3 Å². The van der Waals surface area contributed by atoms with Crippen LogP contribution in [0.5, 0.6) is 0 Å². The van der Waals surface area contributed by atoms with Crippen LogP contribution in [0.2, 0.25) is 0 Å². The van der Waals surface area contributed by atoms with E-state index >= 15 is 0 Å². The smallest absolute Gasteiger partial charge is 0.249 e. The number of allylic oxidation sites excluding steroid dienone is 1. The zero-order valence-electron chi connectivity index (χ0n) is 15.4. The minimum atomic E-state index is -0.0711. The second-order valence-corrected chi connectivity index (χ2v) is 7.81. The molecule has 0 saturated carbocycles. The zero-order chi connectivity index (χ0) is 17.8. The summed E-state index contributed by atoms with van der Waals surface area (Å²) in [6, 6.07) is 3.96. The van der Waals surface area contributed by atoms with Crippen LogP contribution in [0, 0.1) is 5.41 Å². The molecule has 2 atom stereocenters. The second-order valence-electron chi connectivity index (χ2n) is 7.81. The number of carbonyl (C=O) groups is 1. The first-order chi connectivity index (χ1) is 12.8. The fourth-order valence-corrected chi connectivity index (χ4v) is 4.59. The number of amides is 1. The number of aromatic nitrogens is 1. The second kappa shape index (κ2) is 7.89. The van der Waals surface area contributed by atoms with Crippen molar-refractivity contribution in [3.05, 3.63) is 41.7 Å². The van der Waals surface area contributed by atoms with Crippen molar-refractivity contribution in [2.24, 2.45) is 5.41 Å². The highest BCUT2D eigenvalue weighted by Crippen LogP contribution is 2.41. The van der Waals surface area contributed by atoms with Crippen LogP contribution >= 0.6 is 0 Å². The molecule has 5 heteroatoms. The van der Waals surface area contributed by atoms with Crippen molar-refractivity contribution in [1.82, 2.24) is 9.88 Å². The number of carbonyl (C=O) groups excluding carboxylic acids is 1. The molecule has 1 aliphatic carbocycles. The highest BCUT2D eigenvalue weighted by atomic mass is 16.5. The number of fused-ring (bicyclic) bond motifs is 1. The number of hydrogen-bond donors (Lipinski definition) is 0. The molecule has 3 aliphatic rings. The fourth-order valence-electron chi connectivity index (χ4n) is 4.59. The molecule has 2 aliphatic heterocycles. The van der Waals surface area contributed by atoms with Crippen molar-refractivity contribution in [3.63, 3.8) is 0 Å². The third-order valence-electron chi connectivity index (χ3n) is 6.00. The minimum absolute atomic E-state index is 0.0711. The van der Waals surface area contributed by atoms with E-state index in [4.69, 9.17) is 9.47 Å². The van der Waals surface area contributed by atoms with Crippen molar-refractivity contribution in [3.8, 4) is 0 Å². The molecule has 0 radical (unpaired) electrons. The number of pyridine rings is 1. The Morgan fingerprint density at radius 2 is 2.23 bits per heavy atom. The molecule has 0 aromatic carbocycles. The largest absolute Gasteiger partial charge is 0.377 e. The summed E-state index contributed by atoms with van der Waals surface area (Å²) in [6.45, 7) is 3.60. The van der Waals surface area contributed by atoms with E-state index in [0.717, 1.165) is 69.4 Å². The Balaban J connectivity index is 1.43. The molecule has 1 aromatic heterocycles. The van der Waals surface area contributed by atoms with Gasteiger partial charge < -0.3 is 14.4 Å². The normalized spacial score (nSPS) is 28.5. The van der Waals surface area contributed by atoms with Gasteiger partial charge in [0.25, 0.3) is 0 Å². The van der Waals surface area contributed by atoms with Crippen LogP contribution in [0.1, 0.15) is 44.1 Å². The third kappa shape index (κ3) is 3.69. The lowest BCUT2D eigenvalue weighted by Crippen LogP contribution is -2.58. The summed E-state index contributed by atoms with van der Waals surface area (Å²) in [4.78, 5) is 19.0. The van der Waals surface area contributed by atoms with E-state index in [0.29, 0.717) is 13.2 Å². The van der Waals surface area contributed by atoms with Gasteiger partial charge in [-0.05, 0) is 56.2 Å². The van der Waals surface area contributed by atoms with Crippen molar-refractivity contribution in [2.45, 2.75) is 51.2 Å². The lowest BCUT2D eigenvalue weighted by atomic mass is 9.73. The van der Waals surface area contributed by atoms with Gasteiger partial charge in [-0.3, -0.25) is 9.78 Å². The van der Waals surface area contributed by atoms with Gasteiger partial charge in [0, 0.05) is 43.1 Å². The number of piperidine rings is 1. The van der Waals surface area contributed by atoms with Gasteiger partial charge in [0.05, 0.1) is 19.3 Å². The van der Waals surface area contributed by atoms with Crippen LogP contribution in [0.15, 0.2) is 36.2 Å². The maximum atomic E-state index is 12.9. The first-order valence-electron chi connectivity index (χ1n) is 9.83. The molecular weight excluding hydrogens is 328 g/mol. The highest BCUT2D eigenvalue weighted by molar-refractivity contribution is 5.93. The molecule has 140 valence electrons. The molecule has 5 nitrogen and oxygen atoms in total. The Hall–Kier alpha value is -1.72. The molecule has 1 aromatic rings. The van der Waals surface area contributed by atoms with Gasteiger partial charge in [0.2, 0.25) is 5.91 Å². The molecule has 3 heterocycles. The van der Waals surface area contributed by atoms with Gasteiger partial charge in [-0.15, -0.1) is 0 Å². The summed E-state index contributed by atoms with van der Waals surface area (Å²) in [7, 11) is 0. The van der Waals surface area contributed by atoms with Crippen LogP contribution in [0.3, 0.4) is 0 Å². The first-order valence-corrected chi connectivity index (χ1v) is 9.83. The molecule has 2 fully saturated rings. The van der Waals surface area contributed by atoms with Crippen LogP contribution in [-0.4, -0.2) is 48.2 Å². The first kappa shape index (κ1) is 17.7. The summed E-state index contributed by atoms with van der Waals surface area (Å²) >= 11 is 0. The van der Waals surface area contributed by atoms with E-state index in [1.54, 1.807) is 12.4 Å². The Labute approximate surface area is 155 Å². The molecular formula is C21H28N2O3. The van der Waals surface area contributed by atoms with E-state index in [1.165, 1.54) is 0 Å². The number of hydrogen-bond acceptors (Lipinski definition) is 4. The van der Waals surface area contributed by atoms with Gasteiger partial charge in [0.15, 0.2) is 0 Å². The van der Waals surface area contributed by atoms with E-state index in [1.807, 2.05) is 12.1 Å². The average molecular weight is 356 g/mol. The maximum Gasteiger partial charge on any atom is 0.249 e. The van der Waals surface area contributed by atoms with E-state index in [9.17, 15) is 4.79 Å². The molecule has 1 amide bonds. The maximum absolute atomic E-state index is 12.9. The van der Waals surface area contributed by atoms with Crippen LogP contribution in [0.25, 0.3) is 0 Å². The van der Waals surface area contributed by atoms with E-state index in [2.05, 4.69) is 16.0 Å². The Morgan fingerprint density at radius 1 is 1.35 bits per heavy atom. The van der Waals surface area contributed by atoms with Crippen LogP contribution < -0.4 is 0 Å². The van der Waals surface area contributed by atoms with Crippen LogP contribution in [0.4, 0.5) is 0 Å². The average Bonchev–Trinajstić information content (AvgIpc) is 3.22. The summed E-state index contributed by atoms with van der Waals surface area (Å²) < 4.78 is 12.2. The van der Waals surface area contributed by atoms with E-state index in [-0.39, 0.29) is 17.4 Å². The van der Waals surface area contributed by atoms with Crippen molar-refractivity contribution in [1.29, 1.82) is 0 Å². The zero-order valence-corrected chi connectivity index (χ0v) is 15.4. The number of ether oxygens (including phenoxy) is 2. The Morgan fingerprint density at radius 3 is 3.04 bits per heavy atom. The molecule has 26 heavy (non-hydrogen) atoms. The van der Waals surface area contributed by atoms with Gasteiger partial charge in [0.1, 0.15) is 0 Å². The molecule has 4 rings (SSSR count). The topological polar surface area (TPSA) is 51.7 Å². The van der Waals surface area contributed by atoms with Gasteiger partial charge >= 0.3 is 0 Å². The minimum Gasteiger partial charge on any atom is -0.377 e. The van der Waals surface area contributed by atoms with Crippen molar-refractivity contribution in [2.75, 3.05) is 26.3 Å². The predicted octanol–water partition coefficient (Wildman–Crippen LogP) is 3.11. The summed E-state index contributed by atoms with van der Waals surface area (Å²) in [5, 5.41) is 0. The number of rotatable bonds is 5. The lowest BCUT2D eigenvalue weighted by molar-refractivity contribution is -0.163. The molecule has 0 N–H and O–H groups in total. The monoisotopic (exact) mass is 356 g/mol. The Bertz CT molecular complexity index is 660. The molecule has 0 spiro atoms. The van der Waals surface area contributed by atoms with Gasteiger partial charge in [-0.2, -0.15) is 0 Å². The third-order valence-corrected chi connectivity index (χ3v) is 6.00. The van der Waals surface area contributed by atoms with Crippen LogP contribution in [-0.2, 0) is 20.9 Å². The van der Waals surface area contributed by atoms with E-state index < -0.39 is 0 Å². The SMILES string of the molecule is O=C(C1=CCCC1)N1CC[C@H]2OCCC[C@@]2(COCc2ccncc2)C1. The number of nitrogens with zero attached hydrogens (tertiary/aromatic N) is 2. The summed E-state index contributed by atoms with van der Waals surface area (Å²) in [6.07, 6.45) is 12.0. The van der Waals surface area contributed by atoms with Gasteiger partial charge in [-0.1, -0.05) is 6.08 Å². The Kier molecular flexibility index (Phi) is 5.36. The highest BCUT2D eigenvalue weighted by Gasteiger charge is 2.47. The quantitative estimate of drug-likeness (QED) is 0.813. The molecule has 0 bridgehead atoms. The standard InChI is InChI=1S/C21H28N2O3/c24-20(18-4-1-2-5-18)23-12-8-19-21(15-23,9-3-13-26-19)16-25-14-17-6-10-22-11-7-17/h4,6-7,10-11,19H,1-3,5,8-9,12-16H2/t19-,21+/m1/s1.